The number of ether oxygens (including phenoxy) is 2. The van der Waals surface area contributed by atoms with E-state index in [1.807, 2.05) is 6.92 Å². The van der Waals surface area contributed by atoms with Gasteiger partial charge in [0, 0.05) is 31.7 Å². The maximum absolute atomic E-state index is 11.9. The predicted octanol–water partition coefficient (Wildman–Crippen LogP) is 3.18. The number of amides is 1. The van der Waals surface area contributed by atoms with E-state index in [9.17, 15) is 9.18 Å². The normalized spacial score (nSPS) is 10.3. The van der Waals surface area contributed by atoms with Crippen LogP contribution in [0.15, 0.2) is 24.3 Å². The summed E-state index contributed by atoms with van der Waals surface area (Å²) >= 11 is 0. The summed E-state index contributed by atoms with van der Waals surface area (Å²) in [5, 5.41) is 2.80. The van der Waals surface area contributed by atoms with E-state index in [2.05, 4.69) is 5.32 Å². The molecule has 0 saturated heterocycles. The van der Waals surface area contributed by atoms with E-state index >= 15 is 0 Å². The number of benzene rings is 1. The number of nitrogens with one attached hydrogen (secondary N) is 1. The van der Waals surface area contributed by atoms with Crippen LogP contribution in [0.5, 0.6) is 5.75 Å². The van der Waals surface area contributed by atoms with Gasteiger partial charge in [0.15, 0.2) is 0 Å². The van der Waals surface area contributed by atoms with Crippen molar-refractivity contribution in [1.29, 1.82) is 0 Å². The minimum atomic E-state index is -0.379. The van der Waals surface area contributed by atoms with Gasteiger partial charge in [-0.15, -0.1) is 0 Å². The summed E-state index contributed by atoms with van der Waals surface area (Å²) in [4.78, 5) is 11.6. The number of alkyl halides is 1. The minimum Gasteiger partial charge on any atom is -0.493 e. The van der Waals surface area contributed by atoms with Crippen LogP contribution in [0.2, 0.25) is 0 Å². The van der Waals surface area contributed by atoms with Gasteiger partial charge in [0.2, 0.25) is 5.91 Å². The lowest BCUT2D eigenvalue weighted by molar-refractivity contribution is -0.116. The SMILES string of the molecule is CCOCCCC(=O)Nc1ccc(OCCCF)cc1. The smallest absolute Gasteiger partial charge is 0.224 e. The number of hydrogen-bond acceptors (Lipinski definition) is 3. The summed E-state index contributed by atoms with van der Waals surface area (Å²) in [6.07, 6.45) is 1.54. The van der Waals surface area contributed by atoms with Crippen LogP contribution in [0.25, 0.3) is 0 Å². The fourth-order valence-corrected chi connectivity index (χ4v) is 1.58. The monoisotopic (exact) mass is 283 g/mol. The van der Waals surface area contributed by atoms with Crippen molar-refractivity contribution < 1.29 is 18.7 Å². The van der Waals surface area contributed by atoms with Crippen molar-refractivity contribution >= 4 is 11.6 Å². The first kappa shape index (κ1) is 16.4. The summed E-state index contributed by atoms with van der Waals surface area (Å²) < 4.78 is 22.4. The van der Waals surface area contributed by atoms with Gasteiger partial charge in [0.1, 0.15) is 5.75 Å². The predicted molar refractivity (Wildman–Crippen MR) is 76.9 cm³/mol. The number of rotatable bonds is 10. The molecule has 0 aliphatic rings. The molecule has 0 saturated carbocycles. The molecule has 0 radical (unpaired) electrons. The Kier molecular flexibility index (Phi) is 8.38. The van der Waals surface area contributed by atoms with Gasteiger partial charge in [-0.3, -0.25) is 9.18 Å². The standard InChI is InChI=1S/C15H22FNO3/c1-2-19-11-3-5-15(18)17-13-6-8-14(9-7-13)20-12-4-10-16/h6-9H,2-5,10-12H2,1H3,(H,17,18). The van der Waals surface area contributed by atoms with Crippen molar-refractivity contribution in [2.75, 3.05) is 31.8 Å². The van der Waals surface area contributed by atoms with Gasteiger partial charge in [-0.25, -0.2) is 0 Å². The highest BCUT2D eigenvalue weighted by atomic mass is 19.1. The van der Waals surface area contributed by atoms with Crippen LogP contribution in [0.1, 0.15) is 26.2 Å². The van der Waals surface area contributed by atoms with Crippen LogP contribution < -0.4 is 10.1 Å². The topological polar surface area (TPSA) is 47.6 Å². The molecule has 1 N–H and O–H groups in total. The average molecular weight is 283 g/mol. The van der Waals surface area contributed by atoms with Gasteiger partial charge >= 0.3 is 0 Å². The lowest BCUT2D eigenvalue weighted by atomic mass is 10.2. The van der Waals surface area contributed by atoms with E-state index in [-0.39, 0.29) is 12.6 Å². The van der Waals surface area contributed by atoms with Gasteiger partial charge in [-0.2, -0.15) is 0 Å². The summed E-state index contributed by atoms with van der Waals surface area (Å²) in [6.45, 7) is 3.18. The highest BCUT2D eigenvalue weighted by Crippen LogP contribution is 2.16. The Labute approximate surface area is 119 Å². The zero-order chi connectivity index (χ0) is 14.6. The lowest BCUT2D eigenvalue weighted by Crippen LogP contribution is -2.12. The van der Waals surface area contributed by atoms with E-state index in [0.717, 1.165) is 5.69 Å². The van der Waals surface area contributed by atoms with Gasteiger partial charge in [0.05, 0.1) is 13.3 Å². The molecular formula is C15H22FNO3. The molecule has 112 valence electrons. The number of halogens is 1. The number of carbonyl (C=O) groups is 1. The van der Waals surface area contributed by atoms with Gasteiger partial charge in [-0.1, -0.05) is 0 Å². The Bertz CT molecular complexity index is 381. The number of carbonyl (C=O) groups excluding carboxylic acids is 1. The van der Waals surface area contributed by atoms with Crippen LogP contribution in [0.3, 0.4) is 0 Å². The molecule has 0 aromatic heterocycles. The van der Waals surface area contributed by atoms with Crippen molar-refractivity contribution in [3.05, 3.63) is 24.3 Å². The summed E-state index contributed by atoms with van der Waals surface area (Å²) in [6, 6.07) is 7.05. The first-order valence-corrected chi connectivity index (χ1v) is 6.92. The zero-order valence-corrected chi connectivity index (χ0v) is 11.9. The number of hydrogen-bond donors (Lipinski definition) is 1. The number of anilines is 1. The highest BCUT2D eigenvalue weighted by Gasteiger charge is 2.02. The molecular weight excluding hydrogens is 261 g/mol. The first-order chi connectivity index (χ1) is 9.76. The third kappa shape index (κ3) is 7.09. The van der Waals surface area contributed by atoms with Crippen LogP contribution in [0, 0.1) is 0 Å². The Morgan fingerprint density at radius 3 is 2.60 bits per heavy atom. The van der Waals surface area contributed by atoms with E-state index in [0.29, 0.717) is 44.8 Å². The molecule has 1 aromatic rings. The van der Waals surface area contributed by atoms with E-state index in [1.54, 1.807) is 24.3 Å². The second-order valence-electron chi connectivity index (χ2n) is 4.26. The summed E-state index contributed by atoms with van der Waals surface area (Å²) in [5.74, 6) is 0.642. The quantitative estimate of drug-likeness (QED) is 0.671. The molecule has 0 atom stereocenters. The molecule has 5 heteroatoms. The van der Waals surface area contributed by atoms with Gasteiger partial charge in [-0.05, 0) is 37.6 Å². The highest BCUT2D eigenvalue weighted by molar-refractivity contribution is 5.90. The Morgan fingerprint density at radius 2 is 1.95 bits per heavy atom. The van der Waals surface area contributed by atoms with Crippen molar-refractivity contribution in [1.82, 2.24) is 0 Å². The molecule has 0 spiro atoms. The zero-order valence-electron chi connectivity index (χ0n) is 11.9. The lowest BCUT2D eigenvalue weighted by Gasteiger charge is -2.08. The summed E-state index contributed by atoms with van der Waals surface area (Å²) in [7, 11) is 0. The van der Waals surface area contributed by atoms with Crippen molar-refractivity contribution in [2.45, 2.75) is 26.2 Å². The second kappa shape index (κ2) is 10.2. The third-order valence-electron chi connectivity index (χ3n) is 2.58. The third-order valence-corrected chi connectivity index (χ3v) is 2.58. The van der Waals surface area contributed by atoms with E-state index in [4.69, 9.17) is 9.47 Å². The molecule has 0 heterocycles. The molecule has 0 aliphatic heterocycles. The van der Waals surface area contributed by atoms with Crippen LogP contribution in [-0.4, -0.2) is 32.4 Å². The van der Waals surface area contributed by atoms with Crippen LogP contribution in [-0.2, 0) is 9.53 Å². The molecule has 0 bridgehead atoms. The molecule has 1 rings (SSSR count). The second-order valence-corrected chi connectivity index (χ2v) is 4.26. The molecule has 0 fully saturated rings. The molecule has 20 heavy (non-hydrogen) atoms. The molecule has 1 aromatic carbocycles. The van der Waals surface area contributed by atoms with Crippen molar-refractivity contribution in [3.8, 4) is 5.75 Å². The Hall–Kier alpha value is -1.62. The fraction of sp³-hybridized carbons (Fsp3) is 0.533. The Balaban J connectivity index is 2.27. The average Bonchev–Trinajstić information content (AvgIpc) is 2.46. The van der Waals surface area contributed by atoms with Crippen molar-refractivity contribution in [2.24, 2.45) is 0 Å². The van der Waals surface area contributed by atoms with Crippen molar-refractivity contribution in [3.63, 3.8) is 0 Å². The molecule has 1 amide bonds. The van der Waals surface area contributed by atoms with Gasteiger partial charge < -0.3 is 14.8 Å². The van der Waals surface area contributed by atoms with E-state index in [1.165, 1.54) is 0 Å². The van der Waals surface area contributed by atoms with Crippen LogP contribution >= 0.6 is 0 Å². The first-order valence-electron chi connectivity index (χ1n) is 6.92. The van der Waals surface area contributed by atoms with Crippen LogP contribution in [0.4, 0.5) is 10.1 Å². The fourth-order valence-electron chi connectivity index (χ4n) is 1.58. The van der Waals surface area contributed by atoms with Gasteiger partial charge in [0.25, 0.3) is 0 Å². The Morgan fingerprint density at radius 1 is 1.20 bits per heavy atom. The molecule has 4 nitrogen and oxygen atoms in total. The maximum Gasteiger partial charge on any atom is 0.224 e. The summed E-state index contributed by atoms with van der Waals surface area (Å²) in [5.41, 5.74) is 0.726. The maximum atomic E-state index is 11.9. The molecule has 0 aliphatic carbocycles. The minimum absolute atomic E-state index is 0.0317. The largest absolute Gasteiger partial charge is 0.493 e. The molecule has 0 unspecified atom stereocenters. The van der Waals surface area contributed by atoms with E-state index < -0.39 is 0 Å².